The van der Waals surface area contributed by atoms with Crippen molar-refractivity contribution < 1.29 is 4.74 Å². The summed E-state index contributed by atoms with van der Waals surface area (Å²) in [5.41, 5.74) is 0.243. The number of hydrogen-bond acceptors (Lipinski definition) is 1. The first-order valence-corrected chi connectivity index (χ1v) is 4.82. The molecule has 0 aliphatic heterocycles. The quantitative estimate of drug-likeness (QED) is 0.586. The molecule has 0 N–H and O–H groups in total. The van der Waals surface area contributed by atoms with Gasteiger partial charge in [0.05, 0.1) is 11.5 Å². The molecule has 0 fully saturated rings. The average Bonchev–Trinajstić information content (AvgIpc) is 1.85. The number of hydrogen-bond donors (Lipinski definition) is 0. The van der Waals surface area contributed by atoms with Gasteiger partial charge in [-0.1, -0.05) is 47.8 Å². The lowest BCUT2D eigenvalue weighted by atomic mass is 9.92. The maximum Gasteiger partial charge on any atom is 0.0969 e. The van der Waals surface area contributed by atoms with Crippen molar-refractivity contribution in [2.24, 2.45) is 5.41 Å². The van der Waals surface area contributed by atoms with Gasteiger partial charge in [-0.15, -0.1) is 0 Å². The molecule has 13 heavy (non-hydrogen) atoms. The molecule has 0 atom stereocenters. The molecule has 78 valence electrons. The second kappa shape index (κ2) is 6.76. The first kappa shape index (κ1) is 14.8. The Balaban J connectivity index is 0. The molecule has 0 bridgehead atoms. The predicted molar refractivity (Wildman–Crippen MR) is 60.5 cm³/mol. The first-order valence-electron chi connectivity index (χ1n) is 4.82. The zero-order chi connectivity index (χ0) is 11.1. The normalized spacial score (nSPS) is 9.69. The van der Waals surface area contributed by atoms with Crippen LogP contribution in [0.5, 0.6) is 0 Å². The van der Waals surface area contributed by atoms with Gasteiger partial charge in [0.2, 0.25) is 0 Å². The number of ether oxygens (including phenoxy) is 1. The van der Waals surface area contributed by atoms with Gasteiger partial charge in [0.1, 0.15) is 0 Å². The fraction of sp³-hybridized carbons (Fsp3) is 0.667. The van der Waals surface area contributed by atoms with Gasteiger partial charge in [0.15, 0.2) is 0 Å². The Hall–Kier alpha value is -0.720. The zero-order valence-electron chi connectivity index (χ0n) is 10.0. The molecule has 0 amide bonds. The maximum absolute atomic E-state index is 5.24. The zero-order valence-corrected chi connectivity index (χ0v) is 10.0. The van der Waals surface area contributed by atoms with Gasteiger partial charge in [-0.25, -0.2) is 0 Å². The van der Waals surface area contributed by atoms with Crippen molar-refractivity contribution in [3.8, 4) is 0 Å². The molecule has 0 aromatic carbocycles. The van der Waals surface area contributed by atoms with Crippen molar-refractivity contribution in [1.29, 1.82) is 0 Å². The fourth-order valence-electron chi connectivity index (χ4n) is 0.874. The highest BCUT2D eigenvalue weighted by molar-refractivity contribution is 4.93. The Labute approximate surface area is 83.5 Å². The summed E-state index contributed by atoms with van der Waals surface area (Å²) < 4.78 is 5.24. The minimum atomic E-state index is 0.243. The number of allylic oxidation sites excluding steroid dienone is 2. The van der Waals surface area contributed by atoms with E-state index in [1.165, 1.54) is 0 Å². The van der Waals surface area contributed by atoms with Crippen LogP contribution in [0.3, 0.4) is 0 Å². The van der Waals surface area contributed by atoms with Gasteiger partial charge >= 0.3 is 0 Å². The van der Waals surface area contributed by atoms with E-state index in [1.54, 1.807) is 0 Å². The van der Waals surface area contributed by atoms with E-state index in [0.29, 0.717) is 5.76 Å². The van der Waals surface area contributed by atoms with Crippen LogP contribution in [0.1, 0.15) is 48.0 Å². The SMILES string of the molecule is C=C(C)OC(=C)CC(C)(C)C.CC. The highest BCUT2D eigenvalue weighted by Crippen LogP contribution is 2.24. The van der Waals surface area contributed by atoms with Crippen LogP contribution in [0.2, 0.25) is 0 Å². The van der Waals surface area contributed by atoms with Crippen molar-refractivity contribution in [3.63, 3.8) is 0 Å². The van der Waals surface area contributed by atoms with E-state index >= 15 is 0 Å². The Morgan fingerprint density at radius 1 is 1.15 bits per heavy atom. The van der Waals surface area contributed by atoms with E-state index in [1.807, 2.05) is 20.8 Å². The Kier molecular flexibility index (Phi) is 7.69. The van der Waals surface area contributed by atoms with Crippen LogP contribution in [-0.2, 0) is 4.74 Å². The monoisotopic (exact) mass is 184 g/mol. The molecular weight excluding hydrogens is 160 g/mol. The van der Waals surface area contributed by atoms with Gasteiger partial charge in [0.25, 0.3) is 0 Å². The Morgan fingerprint density at radius 2 is 1.54 bits per heavy atom. The standard InChI is InChI=1S/C10H18O.C2H6/c1-8(2)11-9(3)7-10(4,5)6;1-2/h1,3,7H2,2,4-6H3;1-2H3. The summed E-state index contributed by atoms with van der Waals surface area (Å²) >= 11 is 0. The largest absolute Gasteiger partial charge is 0.468 e. The summed E-state index contributed by atoms with van der Waals surface area (Å²) in [4.78, 5) is 0. The molecule has 0 spiro atoms. The molecule has 1 nitrogen and oxygen atoms in total. The minimum Gasteiger partial charge on any atom is -0.468 e. The van der Waals surface area contributed by atoms with Crippen LogP contribution < -0.4 is 0 Å². The lowest BCUT2D eigenvalue weighted by molar-refractivity contribution is 0.252. The Morgan fingerprint density at radius 3 is 1.77 bits per heavy atom. The van der Waals surface area contributed by atoms with Gasteiger partial charge in [-0.3, -0.25) is 0 Å². The molecule has 1 heteroatoms. The van der Waals surface area contributed by atoms with E-state index in [-0.39, 0.29) is 5.41 Å². The molecule has 0 saturated heterocycles. The van der Waals surface area contributed by atoms with E-state index in [0.717, 1.165) is 12.2 Å². The first-order chi connectivity index (χ1) is 5.81. The van der Waals surface area contributed by atoms with Crippen LogP contribution in [0.25, 0.3) is 0 Å². The summed E-state index contributed by atoms with van der Waals surface area (Å²) in [5, 5.41) is 0. The maximum atomic E-state index is 5.24. The molecular formula is C12H24O. The molecule has 0 saturated carbocycles. The lowest BCUT2D eigenvalue weighted by Gasteiger charge is -2.19. The molecule has 0 aromatic rings. The third-order valence-corrected chi connectivity index (χ3v) is 1.05. The van der Waals surface area contributed by atoms with Crippen LogP contribution in [0, 0.1) is 5.41 Å². The van der Waals surface area contributed by atoms with Gasteiger partial charge in [0, 0.05) is 6.42 Å². The van der Waals surface area contributed by atoms with Gasteiger partial charge in [-0.2, -0.15) is 0 Å². The predicted octanol–water partition coefficient (Wildman–Crippen LogP) is 4.51. The van der Waals surface area contributed by atoms with Crippen molar-refractivity contribution in [3.05, 3.63) is 24.7 Å². The average molecular weight is 184 g/mol. The third-order valence-electron chi connectivity index (χ3n) is 1.05. The summed E-state index contributed by atoms with van der Waals surface area (Å²) in [5.74, 6) is 1.50. The Bertz CT molecular complexity index is 160. The van der Waals surface area contributed by atoms with Gasteiger partial charge < -0.3 is 4.74 Å². The molecule has 0 aliphatic carbocycles. The highest BCUT2D eigenvalue weighted by Gasteiger charge is 2.12. The van der Waals surface area contributed by atoms with E-state index in [9.17, 15) is 0 Å². The number of rotatable bonds is 3. The highest BCUT2D eigenvalue weighted by atomic mass is 16.5. The topological polar surface area (TPSA) is 9.23 Å². The van der Waals surface area contributed by atoms with Crippen LogP contribution >= 0.6 is 0 Å². The van der Waals surface area contributed by atoms with Crippen molar-refractivity contribution >= 4 is 0 Å². The molecule has 0 aromatic heterocycles. The van der Waals surface area contributed by atoms with Gasteiger partial charge in [-0.05, 0) is 12.3 Å². The minimum absolute atomic E-state index is 0.243. The smallest absolute Gasteiger partial charge is 0.0969 e. The summed E-state index contributed by atoms with van der Waals surface area (Å²) in [6.45, 7) is 19.7. The van der Waals surface area contributed by atoms with E-state index < -0.39 is 0 Å². The molecule has 0 radical (unpaired) electrons. The molecule has 0 rings (SSSR count). The van der Waals surface area contributed by atoms with E-state index in [2.05, 4.69) is 33.9 Å². The summed E-state index contributed by atoms with van der Waals surface area (Å²) in [6, 6.07) is 0. The summed E-state index contributed by atoms with van der Waals surface area (Å²) in [7, 11) is 0. The molecule has 0 aliphatic rings. The van der Waals surface area contributed by atoms with Crippen LogP contribution in [-0.4, -0.2) is 0 Å². The van der Waals surface area contributed by atoms with E-state index in [4.69, 9.17) is 4.74 Å². The van der Waals surface area contributed by atoms with Crippen LogP contribution in [0.4, 0.5) is 0 Å². The fourth-order valence-corrected chi connectivity index (χ4v) is 0.874. The second-order valence-electron chi connectivity index (χ2n) is 4.08. The molecule has 0 heterocycles. The second-order valence-corrected chi connectivity index (χ2v) is 4.08. The van der Waals surface area contributed by atoms with Crippen molar-refractivity contribution in [2.45, 2.75) is 48.0 Å². The van der Waals surface area contributed by atoms with Crippen LogP contribution in [0.15, 0.2) is 24.7 Å². The van der Waals surface area contributed by atoms with Crippen molar-refractivity contribution in [1.82, 2.24) is 0 Å². The molecule has 0 unspecified atom stereocenters. The van der Waals surface area contributed by atoms with Crippen molar-refractivity contribution in [2.75, 3.05) is 0 Å². The lowest BCUT2D eigenvalue weighted by Crippen LogP contribution is -2.06. The summed E-state index contributed by atoms with van der Waals surface area (Å²) in [6.07, 6.45) is 0.875. The third kappa shape index (κ3) is 14.2.